The van der Waals surface area contributed by atoms with Crippen LogP contribution < -0.4 is 10.1 Å². The number of benzene rings is 2. The number of carbonyl (C=O) groups is 1. The van der Waals surface area contributed by atoms with Gasteiger partial charge in [0.1, 0.15) is 5.75 Å². The third-order valence-electron chi connectivity index (χ3n) is 6.33. The highest BCUT2D eigenvalue weighted by molar-refractivity contribution is 6.31. The Morgan fingerprint density at radius 2 is 1.85 bits per heavy atom. The van der Waals surface area contributed by atoms with Crippen LogP contribution in [-0.4, -0.2) is 60.5 Å². The first-order chi connectivity index (χ1) is 16.5. The summed E-state index contributed by atoms with van der Waals surface area (Å²) < 4.78 is 12.7. The van der Waals surface area contributed by atoms with Crippen LogP contribution in [0, 0.1) is 13.8 Å². The van der Waals surface area contributed by atoms with Crippen LogP contribution in [0.15, 0.2) is 48.5 Å². The Kier molecular flexibility index (Phi) is 7.88. The minimum atomic E-state index is -0.118. The van der Waals surface area contributed by atoms with Gasteiger partial charge in [0.2, 0.25) is 0 Å². The normalized spacial score (nSPS) is 15.2. The summed E-state index contributed by atoms with van der Waals surface area (Å²) in [6.45, 7) is 7.81. The maximum Gasteiger partial charge on any atom is 0.255 e. The van der Waals surface area contributed by atoms with E-state index in [1.807, 2.05) is 54.9 Å². The molecule has 1 N–H and O–H groups in total. The third-order valence-corrected chi connectivity index (χ3v) is 6.70. The molecule has 2 heterocycles. The lowest BCUT2D eigenvalue weighted by Gasteiger charge is -2.35. The lowest BCUT2D eigenvalue weighted by atomic mass is 10.0. The van der Waals surface area contributed by atoms with Gasteiger partial charge in [0.05, 0.1) is 44.2 Å². The van der Waals surface area contributed by atoms with Gasteiger partial charge in [-0.15, -0.1) is 0 Å². The van der Waals surface area contributed by atoms with Gasteiger partial charge in [-0.2, -0.15) is 5.10 Å². The smallest absolute Gasteiger partial charge is 0.255 e. The number of methoxy groups -OCH3 is 1. The number of hydrogen-bond donors (Lipinski definition) is 1. The Morgan fingerprint density at radius 1 is 1.15 bits per heavy atom. The molecule has 34 heavy (non-hydrogen) atoms. The first-order valence-electron chi connectivity index (χ1n) is 11.5. The minimum absolute atomic E-state index is 0.0394. The van der Waals surface area contributed by atoms with Crippen LogP contribution in [0.3, 0.4) is 0 Å². The molecule has 1 amide bonds. The first kappa shape index (κ1) is 24.3. The standard InChI is InChI=1S/C26H31ClN4O3/c1-18-25(19(2)31(29-18)17-21-6-4-5-7-23(21)27)26(32)28-16-24(30-12-14-34-15-13-30)20-8-10-22(33-3)11-9-20/h4-11,24H,12-17H2,1-3H3,(H,28,32). The topological polar surface area (TPSA) is 68.6 Å². The van der Waals surface area contributed by atoms with E-state index in [1.165, 1.54) is 0 Å². The van der Waals surface area contributed by atoms with Crippen molar-refractivity contribution in [1.82, 2.24) is 20.0 Å². The number of hydrogen-bond acceptors (Lipinski definition) is 5. The van der Waals surface area contributed by atoms with Gasteiger partial charge in [-0.25, -0.2) is 0 Å². The molecule has 0 aliphatic carbocycles. The number of halogens is 1. The van der Waals surface area contributed by atoms with Crippen LogP contribution in [0.25, 0.3) is 0 Å². The summed E-state index contributed by atoms with van der Waals surface area (Å²) in [4.78, 5) is 15.6. The lowest BCUT2D eigenvalue weighted by Crippen LogP contribution is -2.44. The molecular formula is C26H31ClN4O3. The van der Waals surface area contributed by atoms with Crippen molar-refractivity contribution in [2.75, 3.05) is 40.0 Å². The van der Waals surface area contributed by atoms with E-state index in [0.29, 0.717) is 42.6 Å². The van der Waals surface area contributed by atoms with E-state index >= 15 is 0 Å². The molecule has 1 unspecified atom stereocenters. The number of rotatable bonds is 8. The zero-order valence-corrected chi connectivity index (χ0v) is 20.6. The monoisotopic (exact) mass is 482 g/mol. The number of aryl methyl sites for hydroxylation is 1. The number of ether oxygens (including phenoxy) is 2. The summed E-state index contributed by atoms with van der Waals surface area (Å²) in [5.74, 6) is 0.692. The van der Waals surface area contributed by atoms with Crippen LogP contribution >= 0.6 is 11.6 Å². The Bertz CT molecular complexity index is 1120. The van der Waals surface area contributed by atoms with Crippen molar-refractivity contribution in [3.05, 3.63) is 81.6 Å². The highest BCUT2D eigenvalue weighted by Gasteiger charge is 2.25. The number of nitrogens with zero attached hydrogens (tertiary/aromatic N) is 3. The first-order valence-corrected chi connectivity index (χ1v) is 11.9. The van der Waals surface area contributed by atoms with E-state index in [9.17, 15) is 4.79 Å². The second-order valence-electron chi connectivity index (χ2n) is 8.44. The van der Waals surface area contributed by atoms with Crippen LogP contribution in [0.2, 0.25) is 5.02 Å². The number of carbonyl (C=O) groups excluding carboxylic acids is 1. The number of amides is 1. The van der Waals surface area contributed by atoms with Crippen molar-refractivity contribution in [2.45, 2.75) is 26.4 Å². The van der Waals surface area contributed by atoms with Crippen LogP contribution in [0.1, 0.15) is 38.9 Å². The van der Waals surface area contributed by atoms with Crippen molar-refractivity contribution in [1.29, 1.82) is 0 Å². The molecule has 0 radical (unpaired) electrons. The molecule has 7 nitrogen and oxygen atoms in total. The van der Waals surface area contributed by atoms with Crippen molar-refractivity contribution < 1.29 is 14.3 Å². The van der Waals surface area contributed by atoms with E-state index in [4.69, 9.17) is 21.1 Å². The van der Waals surface area contributed by atoms with E-state index in [2.05, 4.69) is 27.4 Å². The van der Waals surface area contributed by atoms with E-state index < -0.39 is 0 Å². The highest BCUT2D eigenvalue weighted by Crippen LogP contribution is 2.24. The molecule has 0 bridgehead atoms. The largest absolute Gasteiger partial charge is 0.497 e. The summed E-state index contributed by atoms with van der Waals surface area (Å²) in [5.41, 5.74) is 4.23. The molecule has 2 aromatic carbocycles. The molecule has 4 rings (SSSR count). The zero-order chi connectivity index (χ0) is 24.1. The fourth-order valence-electron chi connectivity index (χ4n) is 4.42. The van der Waals surface area contributed by atoms with Gasteiger partial charge in [0, 0.05) is 30.4 Å². The maximum atomic E-state index is 13.3. The molecule has 0 saturated carbocycles. The molecule has 1 atom stereocenters. The van der Waals surface area contributed by atoms with Gasteiger partial charge < -0.3 is 14.8 Å². The number of aromatic nitrogens is 2. The molecule has 3 aromatic rings. The van der Waals surface area contributed by atoms with Crippen LogP contribution in [-0.2, 0) is 11.3 Å². The van der Waals surface area contributed by atoms with Crippen molar-refractivity contribution in [2.24, 2.45) is 0 Å². The fraction of sp³-hybridized carbons (Fsp3) is 0.385. The molecule has 1 aliphatic rings. The summed E-state index contributed by atoms with van der Waals surface area (Å²) in [5, 5.41) is 8.47. The minimum Gasteiger partial charge on any atom is -0.497 e. The average Bonchev–Trinajstić information content (AvgIpc) is 3.14. The second kappa shape index (κ2) is 11.0. The summed E-state index contributed by atoms with van der Waals surface area (Å²) in [6.07, 6.45) is 0. The van der Waals surface area contributed by atoms with Crippen LogP contribution in [0.5, 0.6) is 5.75 Å². The van der Waals surface area contributed by atoms with Gasteiger partial charge in [0.25, 0.3) is 5.91 Å². The van der Waals surface area contributed by atoms with Gasteiger partial charge in [-0.05, 0) is 43.2 Å². The second-order valence-corrected chi connectivity index (χ2v) is 8.85. The van der Waals surface area contributed by atoms with Gasteiger partial charge in [-0.1, -0.05) is 41.9 Å². The Balaban J connectivity index is 1.51. The number of nitrogens with one attached hydrogen (secondary N) is 1. The van der Waals surface area contributed by atoms with E-state index in [0.717, 1.165) is 35.7 Å². The lowest BCUT2D eigenvalue weighted by molar-refractivity contribution is 0.0162. The molecular weight excluding hydrogens is 452 g/mol. The fourth-order valence-corrected chi connectivity index (χ4v) is 4.61. The number of morpholine rings is 1. The summed E-state index contributed by atoms with van der Waals surface area (Å²) in [7, 11) is 1.66. The summed E-state index contributed by atoms with van der Waals surface area (Å²) >= 11 is 6.33. The highest BCUT2D eigenvalue weighted by atomic mass is 35.5. The van der Waals surface area contributed by atoms with Crippen molar-refractivity contribution in [3.63, 3.8) is 0 Å². The van der Waals surface area contributed by atoms with Crippen LogP contribution in [0.4, 0.5) is 0 Å². The molecule has 1 aromatic heterocycles. The summed E-state index contributed by atoms with van der Waals surface area (Å²) in [6, 6.07) is 15.8. The zero-order valence-electron chi connectivity index (χ0n) is 19.9. The van der Waals surface area contributed by atoms with Gasteiger partial charge >= 0.3 is 0 Å². The Morgan fingerprint density at radius 3 is 2.53 bits per heavy atom. The quantitative estimate of drug-likeness (QED) is 0.525. The van der Waals surface area contributed by atoms with Gasteiger partial charge in [0.15, 0.2) is 0 Å². The molecule has 1 fully saturated rings. The molecule has 180 valence electrons. The molecule has 1 aliphatic heterocycles. The van der Waals surface area contributed by atoms with E-state index in [1.54, 1.807) is 7.11 Å². The van der Waals surface area contributed by atoms with E-state index in [-0.39, 0.29) is 11.9 Å². The van der Waals surface area contributed by atoms with Crippen molar-refractivity contribution in [3.8, 4) is 5.75 Å². The Labute approximate surface area is 205 Å². The molecule has 1 saturated heterocycles. The predicted molar refractivity (Wildman–Crippen MR) is 133 cm³/mol. The SMILES string of the molecule is COc1ccc(C(CNC(=O)c2c(C)nn(Cc3ccccc3Cl)c2C)N2CCOCC2)cc1. The molecule has 0 spiro atoms. The van der Waals surface area contributed by atoms with Gasteiger partial charge in [-0.3, -0.25) is 14.4 Å². The third kappa shape index (κ3) is 5.43. The molecule has 8 heteroatoms. The Hall–Kier alpha value is -2.87. The average molecular weight is 483 g/mol. The predicted octanol–water partition coefficient (Wildman–Crippen LogP) is 4.01. The maximum absolute atomic E-state index is 13.3. The van der Waals surface area contributed by atoms with Crippen molar-refractivity contribution >= 4 is 17.5 Å².